The molecule has 0 aromatic heterocycles. The Balaban J connectivity index is 1.51. The minimum atomic E-state index is -0.142. The Morgan fingerprint density at radius 1 is 1.06 bits per heavy atom. The molecule has 0 atom stereocenters. The molecule has 0 bridgehead atoms. The van der Waals surface area contributed by atoms with Crippen LogP contribution >= 0.6 is 23.4 Å². The maximum atomic E-state index is 12.1. The molecule has 5 nitrogen and oxygen atoms in total. The van der Waals surface area contributed by atoms with Crippen LogP contribution in [0.5, 0.6) is 11.5 Å². The number of halogens is 1. The van der Waals surface area contributed by atoms with Crippen LogP contribution in [0.15, 0.2) is 71.8 Å². The van der Waals surface area contributed by atoms with E-state index in [9.17, 15) is 4.79 Å². The summed E-state index contributed by atoms with van der Waals surface area (Å²) < 4.78 is 11.6. The smallest absolute Gasteiger partial charge is 0.250 e. The third kappa shape index (κ3) is 8.15. The molecule has 3 aromatic carbocycles. The third-order valence-corrected chi connectivity index (χ3v) is 5.92. The van der Waals surface area contributed by atoms with E-state index in [2.05, 4.69) is 29.6 Å². The van der Waals surface area contributed by atoms with Crippen LogP contribution in [-0.4, -0.2) is 24.5 Å². The highest BCUT2D eigenvalue weighted by molar-refractivity contribution is 7.99. The first-order chi connectivity index (χ1) is 16.0. The van der Waals surface area contributed by atoms with Gasteiger partial charge in [-0.25, -0.2) is 5.43 Å². The quantitative estimate of drug-likeness (QED) is 0.268. The number of thioether (sulfide) groups is 1. The molecule has 0 aliphatic rings. The number of nitrogens with zero attached hydrogens (tertiary/aromatic N) is 1. The number of hydrogen-bond acceptors (Lipinski definition) is 5. The van der Waals surface area contributed by atoms with Crippen molar-refractivity contribution in [3.05, 3.63) is 94.0 Å². The molecule has 172 valence electrons. The van der Waals surface area contributed by atoms with Crippen LogP contribution in [0.4, 0.5) is 0 Å². The number of nitrogens with one attached hydrogen (secondary N) is 1. The maximum absolute atomic E-state index is 12.1. The molecule has 7 heteroatoms. The van der Waals surface area contributed by atoms with Crippen LogP contribution in [0, 0.1) is 6.92 Å². The molecule has 3 rings (SSSR count). The van der Waals surface area contributed by atoms with Crippen LogP contribution in [0.25, 0.3) is 0 Å². The maximum Gasteiger partial charge on any atom is 0.250 e. The molecule has 1 amide bonds. The van der Waals surface area contributed by atoms with Gasteiger partial charge in [0, 0.05) is 10.8 Å². The molecule has 33 heavy (non-hydrogen) atoms. The Morgan fingerprint density at radius 2 is 1.91 bits per heavy atom. The topological polar surface area (TPSA) is 59.9 Å². The number of aryl methyl sites for hydroxylation is 1. The van der Waals surface area contributed by atoms with Crippen molar-refractivity contribution in [3.63, 3.8) is 0 Å². The summed E-state index contributed by atoms with van der Waals surface area (Å²) in [6.07, 6.45) is 1.59. The van der Waals surface area contributed by atoms with Crippen molar-refractivity contribution >= 4 is 35.5 Å². The van der Waals surface area contributed by atoms with E-state index in [4.69, 9.17) is 21.1 Å². The summed E-state index contributed by atoms with van der Waals surface area (Å²) >= 11 is 7.59. The van der Waals surface area contributed by atoms with Crippen molar-refractivity contribution in [2.24, 2.45) is 5.10 Å². The third-order valence-electron chi connectivity index (χ3n) is 4.71. The zero-order chi connectivity index (χ0) is 23.5. The zero-order valence-electron chi connectivity index (χ0n) is 18.7. The molecular weight excluding hydrogens is 456 g/mol. The van der Waals surface area contributed by atoms with Crippen LogP contribution < -0.4 is 14.9 Å². The summed E-state index contributed by atoms with van der Waals surface area (Å²) in [6, 6.07) is 21.2. The number of benzene rings is 3. The van der Waals surface area contributed by atoms with E-state index >= 15 is 0 Å². The van der Waals surface area contributed by atoms with Gasteiger partial charge in [0.15, 0.2) is 11.5 Å². The Bertz CT molecular complexity index is 1100. The number of rotatable bonds is 11. The van der Waals surface area contributed by atoms with Crippen molar-refractivity contribution < 1.29 is 14.3 Å². The largest absolute Gasteiger partial charge is 0.490 e. The van der Waals surface area contributed by atoms with Crippen molar-refractivity contribution in [1.82, 2.24) is 5.43 Å². The Morgan fingerprint density at radius 3 is 2.70 bits per heavy atom. The molecule has 1 N–H and O–H groups in total. The lowest BCUT2D eigenvalue weighted by Crippen LogP contribution is -2.19. The summed E-state index contributed by atoms with van der Waals surface area (Å²) in [5.74, 6) is 2.23. The first-order valence-electron chi connectivity index (χ1n) is 10.6. The van der Waals surface area contributed by atoms with E-state index in [1.165, 1.54) is 11.1 Å². The monoisotopic (exact) mass is 482 g/mol. The van der Waals surface area contributed by atoms with Crippen molar-refractivity contribution in [2.45, 2.75) is 26.2 Å². The second-order valence-corrected chi connectivity index (χ2v) is 8.69. The zero-order valence-corrected chi connectivity index (χ0v) is 20.3. The van der Waals surface area contributed by atoms with Crippen LogP contribution in [0.3, 0.4) is 0 Å². The lowest BCUT2D eigenvalue weighted by atomic mass is 10.1. The van der Waals surface area contributed by atoms with Crippen molar-refractivity contribution in [1.29, 1.82) is 0 Å². The first-order valence-corrected chi connectivity index (χ1v) is 12.2. The van der Waals surface area contributed by atoms with Gasteiger partial charge in [-0.15, -0.1) is 11.8 Å². The van der Waals surface area contributed by atoms with E-state index in [0.717, 1.165) is 16.9 Å². The highest BCUT2D eigenvalue weighted by Gasteiger charge is 2.07. The fourth-order valence-electron chi connectivity index (χ4n) is 3.02. The van der Waals surface area contributed by atoms with Gasteiger partial charge in [0.1, 0.15) is 6.61 Å². The number of hydrogen-bond donors (Lipinski definition) is 1. The summed E-state index contributed by atoms with van der Waals surface area (Å²) in [7, 11) is 0. The Labute approximate surface area is 204 Å². The summed E-state index contributed by atoms with van der Waals surface area (Å²) in [5.41, 5.74) is 6.81. The highest BCUT2D eigenvalue weighted by atomic mass is 35.5. The minimum absolute atomic E-state index is 0.142. The van der Waals surface area contributed by atoms with Crippen LogP contribution in [0.2, 0.25) is 5.02 Å². The Kier molecular flexibility index (Phi) is 9.66. The molecule has 0 spiro atoms. The number of carbonyl (C=O) groups is 1. The van der Waals surface area contributed by atoms with E-state index in [1.807, 2.05) is 61.5 Å². The molecule has 0 saturated carbocycles. The molecule has 0 unspecified atom stereocenters. The molecule has 3 aromatic rings. The van der Waals surface area contributed by atoms with E-state index in [1.54, 1.807) is 18.0 Å². The Hall–Kier alpha value is -2.96. The first kappa shape index (κ1) is 24.7. The number of ether oxygens (including phenoxy) is 2. The van der Waals surface area contributed by atoms with Crippen LogP contribution in [-0.2, 0) is 17.2 Å². The SMILES string of the molecule is CCOc1cc(/C=N\NC(=O)CSCc2ccccc2C)ccc1OCc1cccc(Cl)c1. The van der Waals surface area contributed by atoms with Gasteiger partial charge in [-0.2, -0.15) is 5.10 Å². The lowest BCUT2D eigenvalue weighted by molar-refractivity contribution is -0.118. The molecule has 0 heterocycles. The van der Waals surface area contributed by atoms with Gasteiger partial charge >= 0.3 is 0 Å². The number of hydrazone groups is 1. The predicted octanol–water partition coefficient (Wildman–Crippen LogP) is 6.01. The highest BCUT2D eigenvalue weighted by Crippen LogP contribution is 2.29. The normalized spacial score (nSPS) is 10.9. The number of carbonyl (C=O) groups excluding carboxylic acids is 1. The van der Waals surface area contributed by atoms with Gasteiger partial charge in [0.05, 0.1) is 18.6 Å². The van der Waals surface area contributed by atoms with Gasteiger partial charge in [-0.1, -0.05) is 48.0 Å². The second-order valence-electron chi connectivity index (χ2n) is 7.27. The summed E-state index contributed by atoms with van der Waals surface area (Å²) in [4.78, 5) is 12.1. The molecule has 0 saturated heterocycles. The molecule has 0 fully saturated rings. The van der Waals surface area contributed by atoms with E-state index < -0.39 is 0 Å². The molecule has 0 aliphatic carbocycles. The molecular formula is C26H27ClN2O3S. The molecule has 0 aliphatic heterocycles. The van der Waals surface area contributed by atoms with Crippen molar-refractivity contribution in [2.75, 3.05) is 12.4 Å². The van der Waals surface area contributed by atoms with Gasteiger partial charge in [-0.3, -0.25) is 4.79 Å². The molecule has 0 radical (unpaired) electrons. The number of amides is 1. The van der Waals surface area contributed by atoms with Gasteiger partial charge in [0.25, 0.3) is 0 Å². The lowest BCUT2D eigenvalue weighted by Gasteiger charge is -2.12. The average molecular weight is 483 g/mol. The van der Waals surface area contributed by atoms with Gasteiger partial charge in [-0.05, 0) is 66.4 Å². The fourth-order valence-corrected chi connectivity index (χ4v) is 4.13. The fraction of sp³-hybridized carbons (Fsp3) is 0.231. The summed E-state index contributed by atoms with van der Waals surface area (Å²) in [6.45, 7) is 4.87. The van der Waals surface area contributed by atoms with E-state index in [0.29, 0.717) is 35.5 Å². The predicted molar refractivity (Wildman–Crippen MR) is 136 cm³/mol. The van der Waals surface area contributed by atoms with Crippen molar-refractivity contribution in [3.8, 4) is 11.5 Å². The summed E-state index contributed by atoms with van der Waals surface area (Å²) in [5, 5.41) is 4.74. The minimum Gasteiger partial charge on any atom is -0.490 e. The average Bonchev–Trinajstić information content (AvgIpc) is 2.80. The van der Waals surface area contributed by atoms with E-state index in [-0.39, 0.29) is 5.91 Å². The van der Waals surface area contributed by atoms with Gasteiger partial charge in [0.2, 0.25) is 5.91 Å². The van der Waals surface area contributed by atoms with Crippen LogP contribution in [0.1, 0.15) is 29.2 Å². The second kappa shape index (κ2) is 12.9. The van der Waals surface area contributed by atoms with Gasteiger partial charge < -0.3 is 9.47 Å². The standard InChI is InChI=1S/C26H27ClN2O3S/c1-3-31-25-14-20(11-12-24(25)32-16-21-8-6-10-23(27)13-21)15-28-29-26(30)18-33-17-22-9-5-4-7-19(22)2/h4-15H,3,16-18H2,1-2H3,(H,29,30)/b28-15-.